The molecule has 4 nitrogen and oxygen atoms in total. The van der Waals surface area contributed by atoms with Crippen molar-refractivity contribution in [2.24, 2.45) is 0 Å². The van der Waals surface area contributed by atoms with E-state index in [0.717, 1.165) is 36.2 Å². The lowest BCUT2D eigenvalue weighted by atomic mass is 10.2. The summed E-state index contributed by atoms with van der Waals surface area (Å²) < 4.78 is 4.43. The lowest BCUT2D eigenvalue weighted by molar-refractivity contribution is 0.760. The Morgan fingerprint density at radius 3 is 3.00 bits per heavy atom. The molecule has 0 unspecified atom stereocenters. The van der Waals surface area contributed by atoms with Gasteiger partial charge in [0.1, 0.15) is 0 Å². The zero-order chi connectivity index (χ0) is 12.2. The zero-order valence-electron chi connectivity index (χ0n) is 9.91. The van der Waals surface area contributed by atoms with Gasteiger partial charge < -0.3 is 10.2 Å². The van der Waals surface area contributed by atoms with Gasteiger partial charge in [-0.05, 0) is 0 Å². The lowest BCUT2D eigenvalue weighted by Gasteiger charge is -2.13. The molecule has 0 bridgehead atoms. The largest absolute Gasteiger partial charge is 0.322 e. The van der Waals surface area contributed by atoms with E-state index in [4.69, 9.17) is 0 Å². The van der Waals surface area contributed by atoms with E-state index in [1.54, 1.807) is 0 Å². The van der Waals surface area contributed by atoms with E-state index in [1.807, 2.05) is 30.3 Å². The third-order valence-electron chi connectivity index (χ3n) is 2.77. The number of rotatable bonds is 2. The van der Waals surface area contributed by atoms with Gasteiger partial charge in [-0.25, -0.2) is 0 Å². The Bertz CT molecular complexity index is 535. The molecule has 1 N–H and O–H groups in total. The highest BCUT2D eigenvalue weighted by Gasteiger charge is 2.12. The van der Waals surface area contributed by atoms with Crippen LogP contribution >= 0.6 is 11.5 Å². The van der Waals surface area contributed by atoms with Gasteiger partial charge in [0.05, 0.1) is 0 Å². The first-order chi connectivity index (χ1) is 8.93. The van der Waals surface area contributed by atoms with Crippen molar-refractivity contribution in [2.75, 3.05) is 24.5 Å². The summed E-state index contributed by atoms with van der Waals surface area (Å²) in [5.74, 6) is 0.807. The summed E-state index contributed by atoms with van der Waals surface area (Å²) >= 11 is 1.45. The Kier molecular flexibility index (Phi) is 3.34. The number of hydrogen-bond acceptors (Lipinski definition) is 5. The molecule has 2 aromatic rings. The van der Waals surface area contributed by atoms with Gasteiger partial charge in [-0.15, -0.1) is 0 Å². The van der Waals surface area contributed by atoms with E-state index in [9.17, 15) is 0 Å². The SMILES string of the molecule is C1=CN(c2nc(-c3ccccc3)ns2)CCNC1. The van der Waals surface area contributed by atoms with Gasteiger partial charge >= 0.3 is 0 Å². The van der Waals surface area contributed by atoms with E-state index in [-0.39, 0.29) is 0 Å². The third-order valence-corrected chi connectivity index (χ3v) is 3.52. The molecule has 18 heavy (non-hydrogen) atoms. The van der Waals surface area contributed by atoms with Crippen LogP contribution in [0.2, 0.25) is 0 Å². The van der Waals surface area contributed by atoms with E-state index in [0.29, 0.717) is 0 Å². The minimum absolute atomic E-state index is 0.807. The van der Waals surface area contributed by atoms with Crippen LogP contribution in [-0.4, -0.2) is 29.0 Å². The van der Waals surface area contributed by atoms with Crippen LogP contribution in [0.15, 0.2) is 42.6 Å². The van der Waals surface area contributed by atoms with E-state index in [1.165, 1.54) is 11.5 Å². The minimum atomic E-state index is 0.807. The Morgan fingerprint density at radius 2 is 2.11 bits per heavy atom. The minimum Gasteiger partial charge on any atom is -0.322 e. The van der Waals surface area contributed by atoms with Crippen molar-refractivity contribution < 1.29 is 0 Å². The van der Waals surface area contributed by atoms with Gasteiger partial charge in [0.15, 0.2) is 5.82 Å². The first-order valence-electron chi connectivity index (χ1n) is 5.96. The second-order valence-electron chi connectivity index (χ2n) is 4.05. The fourth-order valence-corrected chi connectivity index (χ4v) is 2.53. The molecule has 1 aromatic carbocycles. The number of nitrogens with one attached hydrogen (secondary N) is 1. The fourth-order valence-electron chi connectivity index (χ4n) is 1.84. The van der Waals surface area contributed by atoms with Crippen LogP contribution in [0.3, 0.4) is 0 Å². The molecule has 1 aliphatic rings. The zero-order valence-corrected chi connectivity index (χ0v) is 10.7. The van der Waals surface area contributed by atoms with E-state index in [2.05, 4.69) is 31.9 Å². The Morgan fingerprint density at radius 1 is 1.22 bits per heavy atom. The maximum Gasteiger partial charge on any atom is 0.209 e. The number of anilines is 1. The highest BCUT2D eigenvalue weighted by molar-refractivity contribution is 7.09. The molecule has 0 aliphatic carbocycles. The number of benzene rings is 1. The average molecular weight is 258 g/mol. The maximum absolute atomic E-state index is 4.60. The van der Waals surface area contributed by atoms with Crippen molar-refractivity contribution in [1.29, 1.82) is 0 Å². The van der Waals surface area contributed by atoms with Gasteiger partial charge in [-0.1, -0.05) is 36.4 Å². The van der Waals surface area contributed by atoms with Crippen molar-refractivity contribution in [3.05, 3.63) is 42.6 Å². The van der Waals surface area contributed by atoms with Gasteiger partial charge in [-0.2, -0.15) is 9.36 Å². The monoisotopic (exact) mass is 258 g/mol. The van der Waals surface area contributed by atoms with Crippen LogP contribution in [0.1, 0.15) is 0 Å². The van der Waals surface area contributed by atoms with Crippen LogP contribution < -0.4 is 10.2 Å². The predicted octanol–water partition coefficient (Wildman–Crippen LogP) is 2.13. The van der Waals surface area contributed by atoms with E-state index >= 15 is 0 Å². The molecule has 0 radical (unpaired) electrons. The predicted molar refractivity (Wildman–Crippen MR) is 74.7 cm³/mol. The molecule has 0 fully saturated rings. The topological polar surface area (TPSA) is 41.1 Å². The molecular formula is C13H14N4S. The standard InChI is InChI=1S/C13H14N4S/c1-2-5-11(6-3-1)12-15-13(18-16-12)17-9-4-7-14-8-10-17/h1-6,9,14H,7-8,10H2. The molecular weight excluding hydrogens is 244 g/mol. The van der Waals surface area contributed by atoms with Crippen molar-refractivity contribution in [2.45, 2.75) is 0 Å². The normalized spacial score (nSPS) is 15.7. The molecule has 1 aromatic heterocycles. The molecule has 0 saturated carbocycles. The summed E-state index contributed by atoms with van der Waals surface area (Å²) in [6.45, 7) is 2.81. The molecule has 92 valence electrons. The van der Waals surface area contributed by atoms with Crippen LogP contribution in [0.5, 0.6) is 0 Å². The average Bonchev–Trinajstić information content (AvgIpc) is 2.76. The Labute approximate surface area is 110 Å². The molecule has 2 heterocycles. The van der Waals surface area contributed by atoms with Crippen molar-refractivity contribution in [3.8, 4) is 11.4 Å². The summed E-state index contributed by atoms with van der Waals surface area (Å²) in [5.41, 5.74) is 1.07. The molecule has 1 aliphatic heterocycles. The summed E-state index contributed by atoms with van der Waals surface area (Å²) in [7, 11) is 0. The number of aromatic nitrogens is 2. The number of hydrogen-bond donors (Lipinski definition) is 1. The van der Waals surface area contributed by atoms with Crippen molar-refractivity contribution in [3.63, 3.8) is 0 Å². The van der Waals surface area contributed by atoms with Gasteiger partial charge in [0.25, 0.3) is 0 Å². The summed E-state index contributed by atoms with van der Waals surface area (Å²) in [6.07, 6.45) is 4.19. The second-order valence-corrected chi connectivity index (χ2v) is 4.78. The fraction of sp³-hybridized carbons (Fsp3) is 0.231. The highest BCUT2D eigenvalue weighted by Crippen LogP contribution is 2.24. The third kappa shape index (κ3) is 2.42. The molecule has 0 saturated heterocycles. The smallest absolute Gasteiger partial charge is 0.209 e. The van der Waals surface area contributed by atoms with Gasteiger partial charge in [0, 0.05) is 42.9 Å². The molecule has 3 rings (SSSR count). The lowest BCUT2D eigenvalue weighted by Crippen LogP contribution is -2.25. The first-order valence-corrected chi connectivity index (χ1v) is 6.74. The second kappa shape index (κ2) is 5.29. The summed E-state index contributed by atoms with van der Waals surface area (Å²) in [6, 6.07) is 10.1. The van der Waals surface area contributed by atoms with Gasteiger partial charge in [-0.3, -0.25) is 0 Å². The maximum atomic E-state index is 4.60. The molecule has 0 spiro atoms. The molecule has 5 heteroatoms. The van der Waals surface area contributed by atoms with Gasteiger partial charge in [0.2, 0.25) is 5.13 Å². The summed E-state index contributed by atoms with van der Waals surface area (Å²) in [4.78, 5) is 6.74. The quantitative estimate of drug-likeness (QED) is 0.896. The van der Waals surface area contributed by atoms with Crippen LogP contribution in [-0.2, 0) is 0 Å². The van der Waals surface area contributed by atoms with Crippen LogP contribution in [0, 0.1) is 0 Å². The van der Waals surface area contributed by atoms with Crippen molar-refractivity contribution in [1.82, 2.24) is 14.7 Å². The van der Waals surface area contributed by atoms with Crippen LogP contribution in [0.25, 0.3) is 11.4 Å². The molecule has 0 amide bonds. The first kappa shape index (κ1) is 11.4. The van der Waals surface area contributed by atoms with Crippen LogP contribution in [0.4, 0.5) is 5.13 Å². The summed E-state index contributed by atoms with van der Waals surface area (Å²) in [5, 5.41) is 4.27. The Balaban J connectivity index is 1.85. The van der Waals surface area contributed by atoms with Crippen molar-refractivity contribution >= 4 is 16.7 Å². The highest BCUT2D eigenvalue weighted by atomic mass is 32.1. The molecule has 0 atom stereocenters. The van der Waals surface area contributed by atoms with E-state index < -0.39 is 0 Å². The Hall–Kier alpha value is -1.72. The number of nitrogens with zero attached hydrogens (tertiary/aromatic N) is 3.